The Morgan fingerprint density at radius 1 is 1.29 bits per heavy atom. The Morgan fingerprint density at radius 2 is 1.90 bits per heavy atom. The highest BCUT2D eigenvalue weighted by atomic mass is 35.5. The van der Waals surface area contributed by atoms with Crippen molar-refractivity contribution in [3.05, 3.63) is 35.4 Å². The molecule has 1 amide bonds. The summed E-state index contributed by atoms with van der Waals surface area (Å²) in [6.07, 6.45) is 2.58. The molecule has 1 aromatic rings. The second kappa shape index (κ2) is 9.80. The first-order valence-corrected chi connectivity index (χ1v) is 7.57. The van der Waals surface area contributed by atoms with Crippen LogP contribution in [0.3, 0.4) is 0 Å². The fraction of sp³-hybridized carbons (Fsp3) is 0.588. The van der Waals surface area contributed by atoms with Gasteiger partial charge in [0.1, 0.15) is 0 Å². The van der Waals surface area contributed by atoms with E-state index in [1.165, 1.54) is 11.1 Å². The first-order valence-electron chi connectivity index (χ1n) is 7.57. The Kier molecular flexibility index (Phi) is 9.31. The van der Waals surface area contributed by atoms with Crippen LogP contribution in [0.5, 0.6) is 0 Å². The Balaban J connectivity index is 0.00000400. The maximum atomic E-state index is 12.2. The van der Waals surface area contributed by atoms with E-state index in [-0.39, 0.29) is 24.4 Å². The van der Waals surface area contributed by atoms with Crippen molar-refractivity contribution in [3.8, 4) is 0 Å². The standard InChI is InChI=1S/C17H28N2O.ClH/c1-5-8-15(18)17(20)19-16(11-12(2)3)14-10-7-6-9-13(14)4;/h6-7,9-10,12,15-16H,5,8,11,18H2,1-4H3,(H,19,20);1H. The number of hydrogen-bond acceptors (Lipinski definition) is 2. The molecule has 4 heteroatoms. The summed E-state index contributed by atoms with van der Waals surface area (Å²) >= 11 is 0. The third kappa shape index (κ3) is 6.49. The van der Waals surface area contributed by atoms with Gasteiger partial charge in [0.25, 0.3) is 0 Å². The maximum absolute atomic E-state index is 12.2. The second-order valence-corrected chi connectivity index (χ2v) is 5.94. The lowest BCUT2D eigenvalue weighted by molar-refractivity contribution is -0.123. The van der Waals surface area contributed by atoms with Crippen molar-refractivity contribution in [3.63, 3.8) is 0 Å². The molecule has 0 fully saturated rings. The Morgan fingerprint density at radius 3 is 2.43 bits per heavy atom. The zero-order valence-corrected chi connectivity index (χ0v) is 14.4. The van der Waals surface area contributed by atoms with Crippen LogP contribution >= 0.6 is 12.4 Å². The van der Waals surface area contributed by atoms with E-state index < -0.39 is 6.04 Å². The summed E-state index contributed by atoms with van der Waals surface area (Å²) in [5.41, 5.74) is 8.31. The minimum atomic E-state index is -0.404. The summed E-state index contributed by atoms with van der Waals surface area (Å²) in [5.74, 6) is 0.475. The SMILES string of the molecule is CCCC(N)C(=O)NC(CC(C)C)c1ccccc1C.Cl. The third-order valence-corrected chi connectivity index (χ3v) is 3.52. The largest absolute Gasteiger partial charge is 0.348 e. The summed E-state index contributed by atoms with van der Waals surface area (Å²) in [6, 6.07) is 7.86. The molecule has 0 aliphatic carbocycles. The predicted molar refractivity (Wildman–Crippen MR) is 91.6 cm³/mol. The lowest BCUT2D eigenvalue weighted by Gasteiger charge is -2.24. The van der Waals surface area contributed by atoms with Crippen LogP contribution < -0.4 is 11.1 Å². The average Bonchev–Trinajstić information content (AvgIpc) is 2.38. The maximum Gasteiger partial charge on any atom is 0.237 e. The number of aryl methyl sites for hydroxylation is 1. The summed E-state index contributed by atoms with van der Waals surface area (Å²) in [4.78, 5) is 12.2. The van der Waals surface area contributed by atoms with Gasteiger partial charge in [-0.1, -0.05) is 51.5 Å². The van der Waals surface area contributed by atoms with Crippen LogP contribution in [-0.2, 0) is 4.79 Å². The minimum Gasteiger partial charge on any atom is -0.348 e. The van der Waals surface area contributed by atoms with Crippen molar-refractivity contribution in [2.24, 2.45) is 11.7 Å². The zero-order chi connectivity index (χ0) is 15.1. The molecule has 1 aromatic carbocycles. The number of halogens is 1. The number of rotatable bonds is 7. The molecule has 0 saturated heterocycles. The molecule has 0 aliphatic heterocycles. The van der Waals surface area contributed by atoms with E-state index in [4.69, 9.17) is 5.73 Å². The lowest BCUT2D eigenvalue weighted by Crippen LogP contribution is -2.42. The highest BCUT2D eigenvalue weighted by Crippen LogP contribution is 2.24. The average molecular weight is 313 g/mol. The van der Waals surface area contributed by atoms with Gasteiger partial charge in [-0.25, -0.2) is 0 Å². The van der Waals surface area contributed by atoms with Gasteiger partial charge in [-0.15, -0.1) is 12.4 Å². The van der Waals surface area contributed by atoms with Gasteiger partial charge in [-0.2, -0.15) is 0 Å². The summed E-state index contributed by atoms with van der Waals surface area (Å²) in [6.45, 7) is 8.47. The molecule has 0 aromatic heterocycles. The van der Waals surface area contributed by atoms with E-state index in [1.807, 2.05) is 19.1 Å². The van der Waals surface area contributed by atoms with E-state index in [0.717, 1.165) is 19.3 Å². The zero-order valence-electron chi connectivity index (χ0n) is 13.6. The molecule has 0 radical (unpaired) electrons. The number of benzene rings is 1. The number of carbonyl (C=O) groups is 1. The fourth-order valence-corrected chi connectivity index (χ4v) is 2.43. The minimum absolute atomic E-state index is 0. The van der Waals surface area contributed by atoms with E-state index >= 15 is 0 Å². The molecule has 0 spiro atoms. The van der Waals surface area contributed by atoms with Crippen LogP contribution in [0.2, 0.25) is 0 Å². The number of nitrogens with two attached hydrogens (primary N) is 1. The van der Waals surface area contributed by atoms with Crippen LogP contribution in [0.1, 0.15) is 57.2 Å². The van der Waals surface area contributed by atoms with Gasteiger partial charge in [0.05, 0.1) is 12.1 Å². The van der Waals surface area contributed by atoms with Crippen molar-refractivity contribution in [1.82, 2.24) is 5.32 Å². The Labute approximate surface area is 135 Å². The van der Waals surface area contributed by atoms with Crippen molar-refractivity contribution in [2.75, 3.05) is 0 Å². The summed E-state index contributed by atoms with van der Waals surface area (Å²) in [5, 5.41) is 3.13. The van der Waals surface area contributed by atoms with Gasteiger partial charge in [0.15, 0.2) is 0 Å². The molecule has 2 atom stereocenters. The molecule has 1 rings (SSSR count). The normalized spacial score (nSPS) is 13.4. The van der Waals surface area contributed by atoms with Crippen molar-refractivity contribution in [2.45, 2.75) is 59.0 Å². The quantitative estimate of drug-likeness (QED) is 0.805. The lowest BCUT2D eigenvalue weighted by atomic mass is 9.93. The summed E-state index contributed by atoms with van der Waals surface area (Å²) in [7, 11) is 0. The smallest absolute Gasteiger partial charge is 0.237 e. The highest BCUT2D eigenvalue weighted by Gasteiger charge is 2.20. The van der Waals surface area contributed by atoms with Gasteiger partial charge in [-0.3, -0.25) is 4.79 Å². The topological polar surface area (TPSA) is 55.1 Å². The Hall–Kier alpha value is -1.06. The summed E-state index contributed by atoms with van der Waals surface area (Å²) < 4.78 is 0. The fourth-order valence-electron chi connectivity index (χ4n) is 2.43. The van der Waals surface area contributed by atoms with E-state index in [0.29, 0.717) is 5.92 Å². The third-order valence-electron chi connectivity index (χ3n) is 3.52. The van der Waals surface area contributed by atoms with Crippen LogP contribution in [0, 0.1) is 12.8 Å². The van der Waals surface area contributed by atoms with Gasteiger partial charge in [0, 0.05) is 0 Å². The number of carbonyl (C=O) groups excluding carboxylic acids is 1. The predicted octanol–water partition coefficient (Wildman–Crippen LogP) is 3.75. The molecule has 0 aliphatic rings. The number of nitrogens with one attached hydrogen (secondary N) is 1. The van der Waals surface area contributed by atoms with Gasteiger partial charge < -0.3 is 11.1 Å². The van der Waals surface area contributed by atoms with Crippen molar-refractivity contribution in [1.29, 1.82) is 0 Å². The van der Waals surface area contributed by atoms with E-state index in [2.05, 4.69) is 38.2 Å². The van der Waals surface area contributed by atoms with Gasteiger partial charge in [-0.05, 0) is 36.8 Å². The molecule has 120 valence electrons. The molecular weight excluding hydrogens is 284 g/mol. The van der Waals surface area contributed by atoms with Crippen LogP contribution in [-0.4, -0.2) is 11.9 Å². The van der Waals surface area contributed by atoms with Gasteiger partial charge in [0.2, 0.25) is 5.91 Å². The van der Waals surface area contributed by atoms with Crippen molar-refractivity contribution < 1.29 is 4.79 Å². The molecular formula is C17H29ClN2O. The molecule has 3 nitrogen and oxygen atoms in total. The molecule has 21 heavy (non-hydrogen) atoms. The van der Waals surface area contributed by atoms with Gasteiger partial charge >= 0.3 is 0 Å². The van der Waals surface area contributed by atoms with Crippen LogP contribution in [0.4, 0.5) is 0 Å². The van der Waals surface area contributed by atoms with Crippen molar-refractivity contribution >= 4 is 18.3 Å². The molecule has 0 bridgehead atoms. The highest BCUT2D eigenvalue weighted by molar-refractivity contribution is 5.85. The molecule has 2 unspecified atom stereocenters. The van der Waals surface area contributed by atoms with Crippen LogP contribution in [0.25, 0.3) is 0 Å². The monoisotopic (exact) mass is 312 g/mol. The Bertz CT molecular complexity index is 435. The molecule has 3 N–H and O–H groups in total. The first-order chi connectivity index (χ1) is 9.45. The molecule has 0 saturated carbocycles. The van der Waals surface area contributed by atoms with Crippen LogP contribution in [0.15, 0.2) is 24.3 Å². The number of amides is 1. The second-order valence-electron chi connectivity index (χ2n) is 5.94. The number of hydrogen-bond donors (Lipinski definition) is 2. The molecule has 0 heterocycles. The first kappa shape index (κ1) is 19.9. The van der Waals surface area contributed by atoms with E-state index in [1.54, 1.807) is 0 Å². The van der Waals surface area contributed by atoms with E-state index in [9.17, 15) is 4.79 Å².